The number of nitrogens with one attached hydrogen (secondary N) is 1. The van der Waals surface area contributed by atoms with Crippen LogP contribution < -0.4 is 5.32 Å². The molecule has 66 valence electrons. The highest BCUT2D eigenvalue weighted by molar-refractivity contribution is 5.81. The van der Waals surface area contributed by atoms with Gasteiger partial charge in [0.1, 0.15) is 20.2 Å². The highest BCUT2D eigenvalue weighted by Gasteiger charge is 2.13. The van der Waals surface area contributed by atoms with Gasteiger partial charge in [-0.25, -0.2) is 4.99 Å². The maximum absolute atomic E-state index is 8.35. The Balaban J connectivity index is 2.53. The first-order valence-electron chi connectivity index (χ1n) is 3.39. The molecule has 0 aromatic carbocycles. The van der Waals surface area contributed by atoms with Crippen LogP contribution in [-0.2, 0) is 9.47 Å². The fourth-order valence-corrected chi connectivity index (χ4v) is 0.842. The van der Waals surface area contributed by atoms with Crippen LogP contribution in [0.15, 0.2) is 4.99 Å². The standard InChI is InChI=1S/C6H10N4O2/c1-11-4-10-5-12-3-9-6(10)8-2-7/h3-5H2,1H3,(H,8,9). The molecule has 1 rings (SSSR count). The van der Waals surface area contributed by atoms with Gasteiger partial charge in [0, 0.05) is 7.11 Å². The molecule has 6 heteroatoms. The summed E-state index contributed by atoms with van der Waals surface area (Å²) in [5.41, 5.74) is 0. The van der Waals surface area contributed by atoms with Crippen LogP contribution in [0.25, 0.3) is 0 Å². The minimum absolute atomic E-state index is 0.282. The van der Waals surface area contributed by atoms with Gasteiger partial charge in [0.05, 0.1) is 0 Å². The van der Waals surface area contributed by atoms with Crippen molar-refractivity contribution >= 4 is 5.96 Å². The molecule has 0 spiro atoms. The van der Waals surface area contributed by atoms with Gasteiger partial charge >= 0.3 is 0 Å². The second-order valence-corrected chi connectivity index (χ2v) is 2.14. The predicted molar refractivity (Wildman–Crippen MR) is 40.7 cm³/mol. The lowest BCUT2D eigenvalue weighted by Gasteiger charge is -2.26. The molecule has 0 aliphatic carbocycles. The van der Waals surface area contributed by atoms with Crippen molar-refractivity contribution in [3.05, 3.63) is 0 Å². The Hall–Kier alpha value is -1.32. The summed E-state index contributed by atoms with van der Waals surface area (Å²) < 4.78 is 9.89. The van der Waals surface area contributed by atoms with Gasteiger partial charge < -0.3 is 9.47 Å². The first-order valence-corrected chi connectivity index (χ1v) is 3.39. The average Bonchev–Trinajstić information content (AvgIpc) is 2.09. The minimum Gasteiger partial charge on any atom is -0.364 e. The number of guanidine groups is 1. The molecule has 12 heavy (non-hydrogen) atoms. The van der Waals surface area contributed by atoms with E-state index in [2.05, 4.69) is 10.3 Å². The topological polar surface area (TPSA) is 69.9 Å². The summed E-state index contributed by atoms with van der Waals surface area (Å²) in [6.07, 6.45) is 1.79. The van der Waals surface area contributed by atoms with Gasteiger partial charge in [-0.2, -0.15) is 5.26 Å². The third-order valence-electron chi connectivity index (χ3n) is 1.30. The Morgan fingerprint density at radius 3 is 3.42 bits per heavy atom. The number of nitrogens with zero attached hydrogens (tertiary/aromatic N) is 3. The van der Waals surface area contributed by atoms with E-state index < -0.39 is 0 Å². The average molecular weight is 170 g/mol. The molecule has 0 saturated heterocycles. The Morgan fingerprint density at radius 2 is 2.75 bits per heavy atom. The van der Waals surface area contributed by atoms with E-state index in [0.717, 1.165) is 0 Å². The van der Waals surface area contributed by atoms with Crippen molar-refractivity contribution in [1.29, 1.82) is 5.26 Å². The number of hydrogen-bond acceptors (Lipinski definition) is 6. The number of nitriles is 1. The molecule has 1 N–H and O–H groups in total. The third kappa shape index (κ3) is 2.08. The van der Waals surface area contributed by atoms with Gasteiger partial charge in [0.15, 0.2) is 6.19 Å². The van der Waals surface area contributed by atoms with E-state index in [1.54, 1.807) is 18.2 Å². The van der Waals surface area contributed by atoms with Gasteiger partial charge in [-0.1, -0.05) is 0 Å². The first kappa shape index (κ1) is 8.77. The van der Waals surface area contributed by atoms with Crippen LogP contribution >= 0.6 is 0 Å². The van der Waals surface area contributed by atoms with Crippen molar-refractivity contribution < 1.29 is 9.47 Å². The normalized spacial score (nSPS) is 16.7. The Kier molecular flexibility index (Phi) is 3.32. The second kappa shape index (κ2) is 4.54. The van der Waals surface area contributed by atoms with Gasteiger partial charge in [0.2, 0.25) is 5.96 Å². The number of methoxy groups -OCH3 is 1. The van der Waals surface area contributed by atoms with Crippen molar-refractivity contribution in [2.24, 2.45) is 4.99 Å². The lowest BCUT2D eigenvalue weighted by atomic mass is 10.7. The highest BCUT2D eigenvalue weighted by Crippen LogP contribution is 1.97. The molecule has 0 aromatic rings. The molecule has 0 unspecified atom stereocenters. The van der Waals surface area contributed by atoms with E-state index in [0.29, 0.717) is 19.4 Å². The molecule has 0 amide bonds. The highest BCUT2D eigenvalue weighted by atomic mass is 16.5. The first-order chi connectivity index (χ1) is 5.88. The molecule has 1 aliphatic rings. The Morgan fingerprint density at radius 1 is 1.92 bits per heavy atom. The fraction of sp³-hybridized carbons (Fsp3) is 0.667. The van der Waals surface area contributed by atoms with E-state index in [9.17, 15) is 0 Å². The smallest absolute Gasteiger partial charge is 0.213 e. The van der Waals surface area contributed by atoms with Crippen molar-refractivity contribution in [3.63, 3.8) is 0 Å². The summed E-state index contributed by atoms with van der Waals surface area (Å²) in [5.74, 6) is 0.491. The molecular formula is C6H10N4O2. The number of rotatable bonds is 2. The predicted octanol–water partition coefficient (Wildman–Crippen LogP) is -0.736. The van der Waals surface area contributed by atoms with Crippen LogP contribution in [-0.4, -0.2) is 38.2 Å². The molecule has 0 atom stereocenters. The molecule has 0 fully saturated rings. The zero-order chi connectivity index (χ0) is 8.81. The largest absolute Gasteiger partial charge is 0.364 e. The van der Waals surface area contributed by atoms with Crippen molar-refractivity contribution in [1.82, 2.24) is 10.2 Å². The summed E-state index contributed by atoms with van der Waals surface area (Å²) in [6.45, 7) is 1.03. The zero-order valence-corrected chi connectivity index (χ0v) is 6.78. The maximum Gasteiger partial charge on any atom is 0.213 e. The van der Waals surface area contributed by atoms with Crippen LogP contribution in [0, 0.1) is 11.5 Å². The fourth-order valence-electron chi connectivity index (χ4n) is 0.842. The van der Waals surface area contributed by atoms with E-state index in [4.69, 9.17) is 14.7 Å². The van der Waals surface area contributed by atoms with Crippen molar-refractivity contribution in [3.8, 4) is 6.19 Å². The monoisotopic (exact) mass is 170 g/mol. The van der Waals surface area contributed by atoms with Crippen LogP contribution in [0.3, 0.4) is 0 Å². The molecule has 0 radical (unpaired) electrons. The lowest BCUT2D eigenvalue weighted by molar-refractivity contribution is -0.00268. The van der Waals surface area contributed by atoms with Gasteiger partial charge in [0.25, 0.3) is 0 Å². The molecule has 0 saturated carbocycles. The quantitative estimate of drug-likeness (QED) is 0.437. The van der Waals surface area contributed by atoms with Crippen molar-refractivity contribution in [2.75, 3.05) is 27.3 Å². The molecule has 1 heterocycles. The van der Waals surface area contributed by atoms with E-state index in [1.807, 2.05) is 0 Å². The Labute approximate surface area is 70.4 Å². The van der Waals surface area contributed by atoms with Gasteiger partial charge in [-0.15, -0.1) is 0 Å². The lowest BCUT2D eigenvalue weighted by Crippen LogP contribution is -2.44. The van der Waals surface area contributed by atoms with Crippen molar-refractivity contribution in [2.45, 2.75) is 0 Å². The second-order valence-electron chi connectivity index (χ2n) is 2.14. The van der Waals surface area contributed by atoms with Crippen LogP contribution in [0.5, 0.6) is 0 Å². The Bertz CT molecular complexity index is 210. The summed E-state index contributed by atoms with van der Waals surface area (Å²) in [4.78, 5) is 5.60. The van der Waals surface area contributed by atoms with Gasteiger partial charge in [-0.3, -0.25) is 10.2 Å². The molecular weight excluding hydrogens is 160 g/mol. The number of ether oxygens (including phenoxy) is 2. The number of aliphatic imine (C=N–C) groups is 1. The third-order valence-corrected chi connectivity index (χ3v) is 1.30. The van der Waals surface area contributed by atoms with Crippen LogP contribution in [0.2, 0.25) is 0 Å². The maximum atomic E-state index is 8.35. The number of hydrogen-bond donors (Lipinski definition) is 1. The summed E-state index contributed by atoms with van der Waals surface area (Å²) >= 11 is 0. The minimum atomic E-state index is 0.282. The molecule has 1 aliphatic heterocycles. The SMILES string of the molecule is COCN1COCN=C1NC#N. The van der Waals surface area contributed by atoms with E-state index in [-0.39, 0.29) is 6.73 Å². The molecule has 6 nitrogen and oxygen atoms in total. The molecule has 0 bridgehead atoms. The van der Waals surface area contributed by atoms with Crippen LogP contribution in [0.1, 0.15) is 0 Å². The van der Waals surface area contributed by atoms with E-state index >= 15 is 0 Å². The van der Waals surface area contributed by atoms with E-state index in [1.165, 1.54) is 0 Å². The summed E-state index contributed by atoms with van der Waals surface area (Å²) in [5, 5.41) is 10.8. The molecule has 0 aromatic heterocycles. The summed E-state index contributed by atoms with van der Waals surface area (Å²) in [6, 6.07) is 0. The summed E-state index contributed by atoms with van der Waals surface area (Å²) in [7, 11) is 1.57. The zero-order valence-electron chi connectivity index (χ0n) is 6.78. The van der Waals surface area contributed by atoms with Crippen LogP contribution in [0.4, 0.5) is 0 Å². The van der Waals surface area contributed by atoms with Gasteiger partial charge in [-0.05, 0) is 0 Å².